The molecule has 3 heterocycles. The van der Waals surface area contributed by atoms with E-state index < -0.39 is 10.0 Å². The maximum absolute atomic E-state index is 13.3. The molecule has 2 saturated heterocycles. The van der Waals surface area contributed by atoms with Gasteiger partial charge >= 0.3 is 0 Å². The molecule has 29 heavy (non-hydrogen) atoms. The van der Waals surface area contributed by atoms with E-state index in [9.17, 15) is 8.42 Å². The lowest BCUT2D eigenvalue weighted by molar-refractivity contribution is 0.170. The Kier molecular flexibility index (Phi) is 4.40. The van der Waals surface area contributed by atoms with Crippen molar-refractivity contribution in [2.45, 2.75) is 17.4 Å². The fraction of sp³-hybridized carbons (Fsp3) is 0.333. The van der Waals surface area contributed by atoms with Crippen LogP contribution in [0.25, 0.3) is 11.0 Å². The van der Waals surface area contributed by atoms with E-state index in [1.54, 1.807) is 34.8 Å². The van der Waals surface area contributed by atoms with Gasteiger partial charge in [0.15, 0.2) is 0 Å². The summed E-state index contributed by atoms with van der Waals surface area (Å²) in [6.07, 6.45) is 2.63. The highest BCUT2D eigenvalue weighted by Gasteiger charge is 2.46. The van der Waals surface area contributed by atoms with E-state index in [4.69, 9.17) is 9.72 Å². The average Bonchev–Trinajstić information content (AvgIpc) is 2.74. The number of anilines is 1. The first-order valence-corrected chi connectivity index (χ1v) is 11.1. The van der Waals surface area contributed by atoms with Crippen LogP contribution in [0, 0.1) is 5.92 Å². The highest BCUT2D eigenvalue weighted by atomic mass is 32.2. The Morgan fingerprint density at radius 1 is 1.03 bits per heavy atom. The zero-order valence-corrected chi connectivity index (χ0v) is 16.9. The minimum atomic E-state index is -3.62. The largest absolute Gasteiger partial charge is 0.495 e. The Morgan fingerprint density at radius 3 is 2.62 bits per heavy atom. The summed E-state index contributed by atoms with van der Waals surface area (Å²) in [4.78, 5) is 11.6. The topological polar surface area (TPSA) is 75.6 Å². The van der Waals surface area contributed by atoms with E-state index >= 15 is 0 Å². The van der Waals surface area contributed by atoms with E-state index in [0.29, 0.717) is 24.8 Å². The van der Waals surface area contributed by atoms with E-state index in [1.807, 2.05) is 24.3 Å². The van der Waals surface area contributed by atoms with Crippen molar-refractivity contribution in [2.75, 3.05) is 31.6 Å². The molecule has 0 saturated carbocycles. The first-order chi connectivity index (χ1) is 14.1. The molecule has 0 N–H and O–H groups in total. The maximum Gasteiger partial charge on any atom is 0.246 e. The molecule has 2 aliphatic rings. The number of aromatic nitrogens is 2. The number of fused-ring (bicyclic) bond motifs is 2. The van der Waals surface area contributed by atoms with Crippen molar-refractivity contribution < 1.29 is 13.2 Å². The Morgan fingerprint density at radius 2 is 1.79 bits per heavy atom. The van der Waals surface area contributed by atoms with Crippen molar-refractivity contribution in [1.29, 1.82) is 0 Å². The van der Waals surface area contributed by atoms with Crippen LogP contribution in [0.5, 0.6) is 5.75 Å². The number of nitrogens with zero attached hydrogens (tertiary/aromatic N) is 4. The first kappa shape index (κ1) is 18.3. The zero-order valence-electron chi connectivity index (χ0n) is 16.1. The minimum Gasteiger partial charge on any atom is -0.495 e. The van der Waals surface area contributed by atoms with Gasteiger partial charge in [-0.25, -0.2) is 13.4 Å². The first-order valence-electron chi connectivity index (χ1n) is 9.69. The van der Waals surface area contributed by atoms with Gasteiger partial charge in [0.25, 0.3) is 0 Å². The van der Waals surface area contributed by atoms with Crippen LogP contribution in [0.15, 0.2) is 59.6 Å². The summed E-state index contributed by atoms with van der Waals surface area (Å²) < 4.78 is 33.4. The molecule has 7 nitrogen and oxygen atoms in total. The molecular formula is C21H22N4O3S. The third kappa shape index (κ3) is 3.03. The van der Waals surface area contributed by atoms with Crippen LogP contribution in [-0.4, -0.2) is 55.5 Å². The van der Waals surface area contributed by atoms with E-state index in [-0.39, 0.29) is 10.9 Å². The summed E-state index contributed by atoms with van der Waals surface area (Å²) >= 11 is 0. The van der Waals surface area contributed by atoms with Gasteiger partial charge in [-0.3, -0.25) is 4.98 Å². The summed E-state index contributed by atoms with van der Waals surface area (Å²) in [5.41, 5.74) is 1.71. The van der Waals surface area contributed by atoms with Crippen LogP contribution in [-0.2, 0) is 10.0 Å². The van der Waals surface area contributed by atoms with Crippen molar-refractivity contribution in [3.8, 4) is 5.75 Å². The van der Waals surface area contributed by atoms with Gasteiger partial charge in [-0.1, -0.05) is 24.3 Å². The van der Waals surface area contributed by atoms with Crippen LogP contribution < -0.4 is 9.64 Å². The number of methoxy groups -OCH3 is 1. The van der Waals surface area contributed by atoms with Gasteiger partial charge in [-0.15, -0.1) is 0 Å². The summed E-state index contributed by atoms with van der Waals surface area (Å²) in [7, 11) is -2.13. The van der Waals surface area contributed by atoms with Crippen molar-refractivity contribution >= 4 is 26.9 Å². The molecule has 2 aliphatic heterocycles. The lowest BCUT2D eigenvalue weighted by Gasteiger charge is -2.53. The van der Waals surface area contributed by atoms with Gasteiger partial charge in [0.05, 0.1) is 24.3 Å². The van der Waals surface area contributed by atoms with Crippen molar-refractivity contribution in [2.24, 2.45) is 5.92 Å². The van der Waals surface area contributed by atoms with Crippen LogP contribution in [0.3, 0.4) is 0 Å². The predicted octanol–water partition coefficient (Wildman–Crippen LogP) is 2.54. The molecular weight excluding hydrogens is 388 g/mol. The maximum atomic E-state index is 13.3. The second kappa shape index (κ2) is 6.96. The van der Waals surface area contributed by atoms with Gasteiger partial charge in [-0.2, -0.15) is 4.31 Å². The third-order valence-corrected chi connectivity index (χ3v) is 7.84. The van der Waals surface area contributed by atoms with Crippen molar-refractivity contribution in [1.82, 2.24) is 14.3 Å². The van der Waals surface area contributed by atoms with Gasteiger partial charge in [-0.05, 0) is 36.6 Å². The normalized spacial score (nSPS) is 22.2. The number of hydrogen-bond acceptors (Lipinski definition) is 6. The van der Waals surface area contributed by atoms with Crippen LogP contribution in [0.1, 0.15) is 6.42 Å². The van der Waals surface area contributed by atoms with Gasteiger partial charge in [0, 0.05) is 25.7 Å². The van der Waals surface area contributed by atoms with Crippen LogP contribution in [0.4, 0.5) is 5.82 Å². The van der Waals surface area contributed by atoms with E-state index in [2.05, 4.69) is 9.88 Å². The van der Waals surface area contributed by atoms with Gasteiger partial charge in [0.2, 0.25) is 10.0 Å². The highest BCUT2D eigenvalue weighted by Crippen LogP contribution is 2.38. The van der Waals surface area contributed by atoms with Gasteiger partial charge in [0.1, 0.15) is 16.5 Å². The number of hydrogen-bond donors (Lipinski definition) is 0. The third-order valence-electron chi connectivity index (χ3n) is 5.93. The smallest absolute Gasteiger partial charge is 0.246 e. The number of para-hydroxylation sites is 3. The Labute approximate surface area is 170 Å². The Balaban J connectivity index is 1.41. The fourth-order valence-electron chi connectivity index (χ4n) is 4.31. The molecule has 2 aromatic carbocycles. The quantitative estimate of drug-likeness (QED) is 0.658. The fourth-order valence-corrected chi connectivity index (χ4v) is 5.93. The second-order valence-electron chi connectivity index (χ2n) is 7.50. The lowest BCUT2D eigenvalue weighted by atomic mass is 9.83. The number of benzene rings is 2. The molecule has 1 aromatic heterocycles. The lowest BCUT2D eigenvalue weighted by Crippen LogP contribution is -2.65. The summed E-state index contributed by atoms with van der Waals surface area (Å²) in [5, 5.41) is 0. The molecule has 150 valence electrons. The molecule has 0 bridgehead atoms. The SMILES string of the molecule is COc1ccccc1S(=O)(=O)N1CC[C@H]2CN(c3cnc4ccccc4n3)[C@H]2C1. The monoisotopic (exact) mass is 410 g/mol. The second-order valence-corrected chi connectivity index (χ2v) is 9.41. The summed E-state index contributed by atoms with van der Waals surface area (Å²) in [6, 6.07) is 14.7. The molecule has 2 atom stereocenters. The molecule has 5 rings (SSSR count). The summed E-state index contributed by atoms with van der Waals surface area (Å²) in [6.45, 7) is 1.86. The van der Waals surface area contributed by atoms with Gasteiger partial charge < -0.3 is 9.64 Å². The summed E-state index contributed by atoms with van der Waals surface area (Å²) in [5.74, 6) is 1.66. The standard InChI is InChI=1S/C21H22N4O3S/c1-28-19-8-4-5-9-20(19)29(26,27)24-11-10-15-13-25(18(15)14-24)21-12-22-16-6-2-3-7-17(16)23-21/h2-9,12,15,18H,10-11,13-14H2,1H3/t15-,18-/m0/s1. The predicted molar refractivity (Wildman–Crippen MR) is 111 cm³/mol. The van der Waals surface area contributed by atoms with Crippen LogP contribution in [0.2, 0.25) is 0 Å². The Hall–Kier alpha value is -2.71. The zero-order chi connectivity index (χ0) is 20.0. The Bertz CT molecular complexity index is 1170. The number of sulfonamides is 1. The minimum absolute atomic E-state index is 0.115. The highest BCUT2D eigenvalue weighted by molar-refractivity contribution is 7.89. The molecule has 0 spiro atoms. The van der Waals surface area contributed by atoms with Crippen molar-refractivity contribution in [3.63, 3.8) is 0 Å². The van der Waals surface area contributed by atoms with E-state index in [0.717, 1.165) is 29.8 Å². The molecule has 0 amide bonds. The molecule has 3 aromatic rings. The molecule has 0 aliphatic carbocycles. The molecule has 2 fully saturated rings. The molecule has 0 radical (unpaired) electrons. The van der Waals surface area contributed by atoms with Crippen molar-refractivity contribution in [3.05, 3.63) is 54.7 Å². The number of ether oxygens (including phenoxy) is 1. The molecule has 8 heteroatoms. The molecule has 0 unspecified atom stereocenters. The van der Waals surface area contributed by atoms with Crippen LogP contribution >= 0.6 is 0 Å². The van der Waals surface area contributed by atoms with E-state index in [1.165, 1.54) is 7.11 Å². The average molecular weight is 410 g/mol. The number of piperidine rings is 1. The number of rotatable bonds is 4.